The van der Waals surface area contributed by atoms with E-state index in [0.29, 0.717) is 6.61 Å². The quantitative estimate of drug-likeness (QED) is 0.356. The number of unbranched alkanes of at least 4 members (excludes halogenated alkanes) is 2. The van der Waals surface area contributed by atoms with Crippen LogP contribution >= 0.6 is 0 Å². The van der Waals surface area contributed by atoms with Crippen LogP contribution in [-0.4, -0.2) is 12.6 Å². The summed E-state index contributed by atoms with van der Waals surface area (Å²) in [6.07, 6.45) is 6.90. The Kier molecular flexibility index (Phi) is 8.30. The summed E-state index contributed by atoms with van der Waals surface area (Å²) >= 11 is 0. The van der Waals surface area contributed by atoms with Gasteiger partial charge in [0.1, 0.15) is 0 Å². The second kappa shape index (κ2) is 8.79. The molecule has 2 nitrogen and oxygen atoms in total. The summed E-state index contributed by atoms with van der Waals surface area (Å²) in [4.78, 5) is 11.5. The fraction of sp³-hybridized carbons (Fsp3) is 0.750. The lowest BCUT2D eigenvalue weighted by Crippen LogP contribution is -2.08. The lowest BCUT2D eigenvalue weighted by molar-refractivity contribution is -0.139. The molecule has 0 saturated carbocycles. The van der Waals surface area contributed by atoms with Crippen LogP contribution in [0.3, 0.4) is 0 Å². The second-order valence-electron chi connectivity index (χ2n) is 3.41. The maximum absolute atomic E-state index is 11.5. The third kappa shape index (κ3) is 5.79. The minimum Gasteiger partial charge on any atom is -0.462 e. The zero-order chi connectivity index (χ0) is 10.8. The van der Waals surface area contributed by atoms with Gasteiger partial charge in [0.2, 0.25) is 0 Å². The summed E-state index contributed by atoms with van der Waals surface area (Å²) in [7, 11) is 0. The van der Waals surface area contributed by atoms with E-state index in [4.69, 9.17) is 4.74 Å². The molecule has 0 N–H and O–H groups in total. The van der Waals surface area contributed by atoms with Crippen molar-refractivity contribution in [1.29, 1.82) is 0 Å². The van der Waals surface area contributed by atoms with Crippen molar-refractivity contribution >= 4 is 5.97 Å². The Morgan fingerprint density at radius 3 is 2.36 bits per heavy atom. The molecule has 82 valence electrons. The summed E-state index contributed by atoms with van der Waals surface area (Å²) in [6, 6.07) is 0. The van der Waals surface area contributed by atoms with Crippen LogP contribution < -0.4 is 0 Å². The Balaban J connectivity index is 3.81. The third-order valence-electron chi connectivity index (χ3n) is 2.14. The Bertz CT molecular complexity index is 183. The van der Waals surface area contributed by atoms with Gasteiger partial charge in [-0.3, -0.25) is 0 Å². The number of rotatable bonds is 7. The van der Waals surface area contributed by atoms with E-state index in [1.54, 1.807) is 0 Å². The van der Waals surface area contributed by atoms with E-state index in [9.17, 15) is 4.79 Å². The van der Waals surface area contributed by atoms with Crippen molar-refractivity contribution in [3.8, 4) is 0 Å². The molecule has 0 atom stereocenters. The highest BCUT2D eigenvalue weighted by Gasteiger charge is 2.08. The van der Waals surface area contributed by atoms with Gasteiger partial charge in [0.05, 0.1) is 6.61 Å². The van der Waals surface area contributed by atoms with E-state index < -0.39 is 0 Å². The molecule has 0 amide bonds. The van der Waals surface area contributed by atoms with Crippen LogP contribution in [0.4, 0.5) is 0 Å². The van der Waals surface area contributed by atoms with Crippen LogP contribution in [0.5, 0.6) is 0 Å². The molecule has 2 heteroatoms. The lowest BCUT2D eigenvalue weighted by atomic mass is 10.1. The summed E-state index contributed by atoms with van der Waals surface area (Å²) in [6.45, 7) is 6.65. The number of hydrogen-bond donors (Lipinski definition) is 0. The molecular weight excluding hydrogens is 176 g/mol. The summed E-state index contributed by atoms with van der Waals surface area (Å²) in [5.74, 6) is -0.130. The number of carbonyl (C=O) groups is 1. The summed E-state index contributed by atoms with van der Waals surface area (Å²) in [5, 5.41) is 0. The molecular formula is C12H22O2. The number of esters is 1. The molecule has 0 aliphatic heterocycles. The van der Waals surface area contributed by atoms with Gasteiger partial charge in [-0.1, -0.05) is 32.8 Å². The van der Waals surface area contributed by atoms with E-state index in [2.05, 4.69) is 13.8 Å². The molecule has 0 saturated heterocycles. The molecule has 0 aliphatic carbocycles. The molecule has 0 aromatic heterocycles. The van der Waals surface area contributed by atoms with E-state index in [1.165, 1.54) is 0 Å². The highest BCUT2D eigenvalue weighted by atomic mass is 16.5. The number of allylic oxidation sites excluding steroid dienone is 1. The number of ether oxygens (including phenoxy) is 1. The van der Waals surface area contributed by atoms with Crippen LogP contribution in [0.1, 0.15) is 52.9 Å². The van der Waals surface area contributed by atoms with Gasteiger partial charge in [0.15, 0.2) is 0 Å². The molecule has 0 heterocycles. The first-order valence-corrected chi connectivity index (χ1v) is 5.58. The van der Waals surface area contributed by atoms with Crippen LogP contribution in [0.25, 0.3) is 0 Å². The van der Waals surface area contributed by atoms with Gasteiger partial charge >= 0.3 is 5.97 Å². The van der Waals surface area contributed by atoms with Gasteiger partial charge in [-0.15, -0.1) is 0 Å². The standard InChI is InChI=1S/C12H22O2/c1-4-7-9-11(6-3)12(13)14-10-8-5-2/h6H,4-5,7-10H2,1-3H3/b11-6+. The van der Waals surface area contributed by atoms with Gasteiger partial charge in [-0.2, -0.15) is 0 Å². The topological polar surface area (TPSA) is 26.3 Å². The largest absolute Gasteiger partial charge is 0.462 e. The van der Waals surface area contributed by atoms with E-state index >= 15 is 0 Å². The lowest BCUT2D eigenvalue weighted by Gasteiger charge is -2.06. The zero-order valence-corrected chi connectivity index (χ0v) is 9.64. The first kappa shape index (κ1) is 13.2. The normalized spacial score (nSPS) is 11.5. The maximum atomic E-state index is 11.5. The third-order valence-corrected chi connectivity index (χ3v) is 2.14. The van der Waals surface area contributed by atoms with Crippen LogP contribution in [0.2, 0.25) is 0 Å². The minimum atomic E-state index is -0.130. The van der Waals surface area contributed by atoms with Gasteiger partial charge < -0.3 is 4.74 Å². The minimum absolute atomic E-state index is 0.130. The molecule has 0 aromatic rings. The average molecular weight is 198 g/mol. The molecule has 0 aliphatic rings. The molecule has 0 unspecified atom stereocenters. The average Bonchev–Trinajstić information content (AvgIpc) is 2.19. The van der Waals surface area contributed by atoms with Crippen molar-refractivity contribution in [3.63, 3.8) is 0 Å². The van der Waals surface area contributed by atoms with E-state index in [-0.39, 0.29) is 5.97 Å². The molecule has 0 rings (SSSR count). The Morgan fingerprint density at radius 2 is 1.86 bits per heavy atom. The van der Waals surface area contributed by atoms with Gasteiger partial charge in [0, 0.05) is 5.57 Å². The maximum Gasteiger partial charge on any atom is 0.333 e. The summed E-state index contributed by atoms with van der Waals surface area (Å²) in [5.41, 5.74) is 0.822. The monoisotopic (exact) mass is 198 g/mol. The van der Waals surface area contributed by atoms with Crippen LogP contribution in [-0.2, 0) is 9.53 Å². The fourth-order valence-corrected chi connectivity index (χ4v) is 1.13. The molecule has 0 radical (unpaired) electrons. The van der Waals surface area contributed by atoms with E-state index in [1.807, 2.05) is 13.0 Å². The highest BCUT2D eigenvalue weighted by molar-refractivity contribution is 5.88. The Labute approximate surface area is 87.3 Å². The Morgan fingerprint density at radius 1 is 1.21 bits per heavy atom. The Hall–Kier alpha value is -0.790. The second-order valence-corrected chi connectivity index (χ2v) is 3.41. The molecule has 0 bridgehead atoms. The van der Waals surface area contributed by atoms with Crippen molar-refractivity contribution in [2.24, 2.45) is 0 Å². The zero-order valence-electron chi connectivity index (χ0n) is 9.64. The first-order valence-electron chi connectivity index (χ1n) is 5.58. The van der Waals surface area contributed by atoms with Gasteiger partial charge in [-0.25, -0.2) is 4.79 Å². The van der Waals surface area contributed by atoms with Crippen molar-refractivity contribution in [1.82, 2.24) is 0 Å². The first-order chi connectivity index (χ1) is 6.76. The highest BCUT2D eigenvalue weighted by Crippen LogP contribution is 2.09. The molecule has 14 heavy (non-hydrogen) atoms. The van der Waals surface area contributed by atoms with Crippen LogP contribution in [0, 0.1) is 0 Å². The van der Waals surface area contributed by atoms with Crippen LogP contribution in [0.15, 0.2) is 11.6 Å². The SMILES string of the molecule is C/C=C(\CCCC)C(=O)OCCCC. The smallest absolute Gasteiger partial charge is 0.333 e. The van der Waals surface area contributed by atoms with Crippen molar-refractivity contribution in [3.05, 3.63) is 11.6 Å². The van der Waals surface area contributed by atoms with Crippen molar-refractivity contribution < 1.29 is 9.53 Å². The summed E-state index contributed by atoms with van der Waals surface area (Å²) < 4.78 is 5.13. The molecule has 0 spiro atoms. The van der Waals surface area contributed by atoms with Crippen molar-refractivity contribution in [2.75, 3.05) is 6.61 Å². The predicted octanol–water partition coefficient (Wildman–Crippen LogP) is 3.47. The molecule has 0 fully saturated rings. The van der Waals surface area contributed by atoms with Gasteiger partial charge in [-0.05, 0) is 26.2 Å². The number of carbonyl (C=O) groups excluding carboxylic acids is 1. The predicted molar refractivity (Wildman–Crippen MR) is 59.1 cm³/mol. The number of hydrogen-bond acceptors (Lipinski definition) is 2. The fourth-order valence-electron chi connectivity index (χ4n) is 1.13. The van der Waals surface area contributed by atoms with Crippen molar-refractivity contribution in [2.45, 2.75) is 52.9 Å². The molecule has 0 aromatic carbocycles. The van der Waals surface area contributed by atoms with Gasteiger partial charge in [0.25, 0.3) is 0 Å². The van der Waals surface area contributed by atoms with E-state index in [0.717, 1.165) is 37.7 Å².